The summed E-state index contributed by atoms with van der Waals surface area (Å²) in [5.41, 5.74) is 0. The maximum Gasteiger partial charge on any atom is 0.0129 e. The van der Waals surface area contributed by atoms with Gasteiger partial charge in [0.25, 0.3) is 0 Å². The van der Waals surface area contributed by atoms with E-state index in [0.29, 0.717) is 0 Å². The average molecular weight is 295 g/mol. The fraction of sp³-hybridized carbons (Fsp3) is 1.00. The van der Waals surface area contributed by atoms with Crippen LogP contribution in [0.4, 0.5) is 0 Å². The number of piperidine rings is 1. The third-order valence-corrected chi connectivity index (χ3v) is 5.86. The lowest BCUT2D eigenvalue weighted by molar-refractivity contribution is 0.0449. The lowest BCUT2D eigenvalue weighted by atomic mass is 9.73. The topological polar surface area (TPSA) is 15.3 Å². The van der Waals surface area contributed by atoms with E-state index in [4.69, 9.17) is 0 Å². The van der Waals surface area contributed by atoms with E-state index in [1.807, 2.05) is 0 Å². The van der Waals surface area contributed by atoms with Crippen LogP contribution >= 0.6 is 0 Å². The first-order chi connectivity index (χ1) is 10.1. The predicted octanol–water partition coefficient (Wildman–Crippen LogP) is 4.16. The lowest BCUT2D eigenvalue weighted by Gasteiger charge is -2.45. The van der Waals surface area contributed by atoms with E-state index in [2.05, 4.69) is 37.9 Å². The summed E-state index contributed by atoms with van der Waals surface area (Å²) < 4.78 is 0. The minimum absolute atomic E-state index is 0.839. The molecular weight excluding hydrogens is 256 g/mol. The molecule has 0 spiro atoms. The summed E-state index contributed by atoms with van der Waals surface area (Å²) in [5.74, 6) is 3.57. The van der Waals surface area contributed by atoms with Crippen molar-refractivity contribution in [2.45, 2.75) is 72.3 Å². The van der Waals surface area contributed by atoms with Crippen molar-refractivity contribution in [2.24, 2.45) is 23.7 Å². The molecule has 4 unspecified atom stereocenters. The molecule has 124 valence electrons. The zero-order valence-corrected chi connectivity index (χ0v) is 14.9. The quantitative estimate of drug-likeness (QED) is 0.791. The molecular formula is C19H38N2. The molecule has 0 amide bonds. The van der Waals surface area contributed by atoms with Gasteiger partial charge in [0.15, 0.2) is 0 Å². The maximum absolute atomic E-state index is 3.60. The summed E-state index contributed by atoms with van der Waals surface area (Å²) >= 11 is 0. The largest absolute Gasteiger partial charge is 0.316 e. The van der Waals surface area contributed by atoms with Gasteiger partial charge in [0, 0.05) is 12.6 Å². The van der Waals surface area contributed by atoms with Crippen molar-refractivity contribution >= 4 is 0 Å². The van der Waals surface area contributed by atoms with Gasteiger partial charge in [0.1, 0.15) is 0 Å². The maximum atomic E-state index is 3.60. The van der Waals surface area contributed by atoms with Crippen molar-refractivity contribution in [3.63, 3.8) is 0 Å². The van der Waals surface area contributed by atoms with Crippen molar-refractivity contribution < 1.29 is 0 Å². The molecule has 1 N–H and O–H groups in total. The first-order valence-electron chi connectivity index (χ1n) is 9.56. The zero-order valence-electron chi connectivity index (χ0n) is 14.9. The van der Waals surface area contributed by atoms with Crippen LogP contribution in [-0.2, 0) is 0 Å². The second-order valence-corrected chi connectivity index (χ2v) is 8.10. The summed E-state index contributed by atoms with van der Waals surface area (Å²) in [7, 11) is 0. The van der Waals surface area contributed by atoms with E-state index in [9.17, 15) is 0 Å². The molecule has 2 rings (SSSR count). The fourth-order valence-electron chi connectivity index (χ4n) is 4.66. The highest BCUT2D eigenvalue weighted by Crippen LogP contribution is 2.37. The molecule has 2 heteroatoms. The molecule has 1 aliphatic carbocycles. The van der Waals surface area contributed by atoms with Crippen LogP contribution < -0.4 is 5.32 Å². The minimum atomic E-state index is 0.839. The minimum Gasteiger partial charge on any atom is -0.316 e. The van der Waals surface area contributed by atoms with Gasteiger partial charge in [-0.1, -0.05) is 34.1 Å². The van der Waals surface area contributed by atoms with Crippen molar-refractivity contribution in [3.05, 3.63) is 0 Å². The van der Waals surface area contributed by atoms with Gasteiger partial charge in [-0.3, -0.25) is 4.90 Å². The Morgan fingerprint density at radius 1 is 1.19 bits per heavy atom. The van der Waals surface area contributed by atoms with Crippen molar-refractivity contribution in [3.8, 4) is 0 Å². The van der Waals surface area contributed by atoms with Crippen LogP contribution in [0.3, 0.4) is 0 Å². The van der Waals surface area contributed by atoms with Crippen LogP contribution in [-0.4, -0.2) is 37.1 Å². The van der Waals surface area contributed by atoms with E-state index in [1.54, 1.807) is 0 Å². The highest BCUT2D eigenvalue weighted by molar-refractivity contribution is 4.88. The molecule has 1 aliphatic heterocycles. The number of nitrogens with one attached hydrogen (secondary N) is 1. The van der Waals surface area contributed by atoms with Crippen LogP contribution in [0.1, 0.15) is 66.2 Å². The Labute approximate surface area is 133 Å². The molecule has 2 fully saturated rings. The molecule has 2 aliphatic rings. The van der Waals surface area contributed by atoms with E-state index in [0.717, 1.165) is 29.7 Å². The molecule has 0 aromatic heterocycles. The molecule has 0 aromatic rings. The third kappa shape index (κ3) is 4.96. The zero-order chi connectivity index (χ0) is 15.2. The van der Waals surface area contributed by atoms with E-state index >= 15 is 0 Å². The van der Waals surface area contributed by atoms with Crippen LogP contribution in [0.5, 0.6) is 0 Å². The molecule has 0 radical (unpaired) electrons. The first-order valence-corrected chi connectivity index (χ1v) is 9.56. The SMILES string of the molecule is CCCN(CC1CCCNC1)C1CC(C)CCC1C(C)C. The Morgan fingerprint density at radius 3 is 2.62 bits per heavy atom. The Bertz CT molecular complexity index is 283. The highest BCUT2D eigenvalue weighted by Gasteiger charge is 2.35. The summed E-state index contributed by atoms with van der Waals surface area (Å²) in [6, 6.07) is 0.843. The molecule has 4 atom stereocenters. The molecule has 0 aromatic carbocycles. The third-order valence-electron chi connectivity index (χ3n) is 5.86. The van der Waals surface area contributed by atoms with Crippen molar-refractivity contribution in [1.29, 1.82) is 0 Å². The highest BCUT2D eigenvalue weighted by atomic mass is 15.2. The molecule has 2 nitrogen and oxygen atoms in total. The first kappa shape index (κ1) is 17.3. The van der Waals surface area contributed by atoms with Crippen LogP contribution in [0.15, 0.2) is 0 Å². The normalized spacial score (nSPS) is 34.6. The second kappa shape index (κ2) is 8.53. The van der Waals surface area contributed by atoms with Gasteiger partial charge in [-0.2, -0.15) is 0 Å². The molecule has 1 saturated heterocycles. The van der Waals surface area contributed by atoms with Crippen LogP contribution in [0.25, 0.3) is 0 Å². The average Bonchev–Trinajstić information content (AvgIpc) is 2.47. The van der Waals surface area contributed by atoms with Gasteiger partial charge in [-0.25, -0.2) is 0 Å². The lowest BCUT2D eigenvalue weighted by Crippen LogP contribution is -2.49. The molecule has 0 bridgehead atoms. The number of rotatable bonds is 6. The number of nitrogens with zero attached hydrogens (tertiary/aromatic N) is 1. The van der Waals surface area contributed by atoms with Gasteiger partial charge < -0.3 is 5.32 Å². The number of hydrogen-bond donors (Lipinski definition) is 1. The summed E-state index contributed by atoms with van der Waals surface area (Å²) in [4.78, 5) is 2.89. The standard InChI is InChI=1S/C19H38N2/c1-5-11-21(14-17-7-6-10-20-13-17)19-12-16(4)8-9-18(19)15(2)3/h15-20H,5-14H2,1-4H3. The fourth-order valence-corrected chi connectivity index (χ4v) is 4.66. The van der Waals surface area contributed by atoms with Gasteiger partial charge in [-0.05, 0) is 75.4 Å². The smallest absolute Gasteiger partial charge is 0.0129 e. The monoisotopic (exact) mass is 294 g/mol. The van der Waals surface area contributed by atoms with E-state index < -0.39 is 0 Å². The summed E-state index contributed by atoms with van der Waals surface area (Å²) in [6.07, 6.45) is 8.44. The Balaban J connectivity index is 2.01. The van der Waals surface area contributed by atoms with E-state index in [1.165, 1.54) is 64.7 Å². The van der Waals surface area contributed by atoms with Gasteiger partial charge in [-0.15, -0.1) is 0 Å². The number of hydrogen-bond acceptors (Lipinski definition) is 2. The molecule has 21 heavy (non-hydrogen) atoms. The van der Waals surface area contributed by atoms with Crippen molar-refractivity contribution in [1.82, 2.24) is 10.2 Å². The predicted molar refractivity (Wildman–Crippen MR) is 92.6 cm³/mol. The summed E-state index contributed by atoms with van der Waals surface area (Å²) in [5, 5.41) is 3.60. The van der Waals surface area contributed by atoms with Gasteiger partial charge >= 0.3 is 0 Å². The Morgan fingerprint density at radius 2 is 2.00 bits per heavy atom. The summed E-state index contributed by atoms with van der Waals surface area (Å²) in [6.45, 7) is 14.8. The molecule has 1 heterocycles. The van der Waals surface area contributed by atoms with E-state index in [-0.39, 0.29) is 0 Å². The second-order valence-electron chi connectivity index (χ2n) is 8.10. The molecule has 1 saturated carbocycles. The Hall–Kier alpha value is -0.0800. The van der Waals surface area contributed by atoms with Gasteiger partial charge in [0.05, 0.1) is 0 Å². The Kier molecular flexibility index (Phi) is 7.01. The van der Waals surface area contributed by atoms with Crippen molar-refractivity contribution in [2.75, 3.05) is 26.2 Å². The van der Waals surface area contributed by atoms with Gasteiger partial charge in [0.2, 0.25) is 0 Å². The van der Waals surface area contributed by atoms with Crippen LogP contribution in [0.2, 0.25) is 0 Å². The van der Waals surface area contributed by atoms with Crippen LogP contribution in [0, 0.1) is 23.7 Å².